The molecular weight excluding hydrogens is 216 g/mol. The van der Waals surface area contributed by atoms with Crippen LogP contribution in [0.1, 0.15) is 28.9 Å². The molecule has 1 aliphatic carbocycles. The second-order valence-corrected chi connectivity index (χ2v) is 5.18. The van der Waals surface area contributed by atoms with Crippen molar-refractivity contribution >= 4 is 5.91 Å². The molecule has 1 aromatic rings. The Labute approximate surface area is 100 Å². The van der Waals surface area contributed by atoms with Crippen LogP contribution in [0.15, 0.2) is 18.3 Å². The second-order valence-electron chi connectivity index (χ2n) is 5.18. The first-order chi connectivity index (χ1) is 8.10. The molecule has 1 aromatic heterocycles. The number of nitrogens with zero attached hydrogens (tertiary/aromatic N) is 2. The first kappa shape index (κ1) is 10.7. The maximum Gasteiger partial charge on any atom is 0.255 e. The minimum atomic E-state index is -0.605. The van der Waals surface area contributed by atoms with Crippen LogP contribution in [-0.2, 0) is 0 Å². The van der Waals surface area contributed by atoms with Gasteiger partial charge in [-0.15, -0.1) is 0 Å². The van der Waals surface area contributed by atoms with Crippen molar-refractivity contribution in [2.75, 3.05) is 13.1 Å². The van der Waals surface area contributed by atoms with Gasteiger partial charge in [-0.3, -0.25) is 9.78 Å². The average molecular weight is 232 g/mol. The average Bonchev–Trinajstić information content (AvgIpc) is 3.08. The van der Waals surface area contributed by atoms with Crippen LogP contribution >= 0.6 is 0 Å². The standard InChI is InChI=1S/C13H16N2O2/c1-9-11(3-2-6-14-9)12(16)15-7-13(17,8-15)10-4-5-10/h2-3,6,10,17H,4-5,7-8H2,1H3. The number of hydrogen-bond acceptors (Lipinski definition) is 3. The molecule has 3 rings (SSSR count). The van der Waals surface area contributed by atoms with Crippen LogP contribution in [0.4, 0.5) is 0 Å². The van der Waals surface area contributed by atoms with E-state index < -0.39 is 5.60 Å². The highest BCUT2D eigenvalue weighted by Gasteiger charge is 2.53. The zero-order valence-electron chi connectivity index (χ0n) is 9.89. The molecule has 1 aliphatic heterocycles. The molecule has 2 heterocycles. The summed E-state index contributed by atoms with van der Waals surface area (Å²) in [5.74, 6) is 0.405. The highest BCUT2D eigenvalue weighted by atomic mass is 16.3. The number of aliphatic hydroxyl groups is 1. The molecule has 2 fully saturated rings. The fourth-order valence-electron chi connectivity index (χ4n) is 2.52. The van der Waals surface area contributed by atoms with Crippen LogP contribution in [0.2, 0.25) is 0 Å². The third kappa shape index (κ3) is 1.72. The molecule has 0 atom stereocenters. The van der Waals surface area contributed by atoms with E-state index in [1.807, 2.05) is 6.92 Å². The molecule has 0 aromatic carbocycles. The van der Waals surface area contributed by atoms with Crippen molar-refractivity contribution in [1.82, 2.24) is 9.88 Å². The minimum Gasteiger partial charge on any atom is -0.386 e. The summed E-state index contributed by atoms with van der Waals surface area (Å²) in [5.41, 5.74) is 0.788. The van der Waals surface area contributed by atoms with Gasteiger partial charge in [0.15, 0.2) is 0 Å². The van der Waals surface area contributed by atoms with E-state index in [4.69, 9.17) is 0 Å². The molecular formula is C13H16N2O2. The largest absolute Gasteiger partial charge is 0.386 e. The highest BCUT2D eigenvalue weighted by molar-refractivity contribution is 5.95. The van der Waals surface area contributed by atoms with Gasteiger partial charge < -0.3 is 10.0 Å². The molecule has 0 radical (unpaired) electrons. The highest BCUT2D eigenvalue weighted by Crippen LogP contribution is 2.44. The monoisotopic (exact) mass is 232 g/mol. The number of likely N-dealkylation sites (tertiary alicyclic amines) is 1. The van der Waals surface area contributed by atoms with E-state index in [0.717, 1.165) is 18.5 Å². The lowest BCUT2D eigenvalue weighted by Crippen LogP contribution is -2.64. The van der Waals surface area contributed by atoms with E-state index >= 15 is 0 Å². The summed E-state index contributed by atoms with van der Waals surface area (Å²) < 4.78 is 0. The zero-order chi connectivity index (χ0) is 12.0. The van der Waals surface area contributed by atoms with Gasteiger partial charge in [-0.25, -0.2) is 0 Å². The first-order valence-corrected chi connectivity index (χ1v) is 6.03. The van der Waals surface area contributed by atoms with Gasteiger partial charge >= 0.3 is 0 Å². The Kier molecular flexibility index (Phi) is 2.23. The van der Waals surface area contributed by atoms with Gasteiger partial charge in [-0.2, -0.15) is 0 Å². The Bertz CT molecular complexity index is 462. The number of carbonyl (C=O) groups excluding carboxylic acids is 1. The topological polar surface area (TPSA) is 53.4 Å². The van der Waals surface area contributed by atoms with Crippen LogP contribution in [0.3, 0.4) is 0 Å². The zero-order valence-corrected chi connectivity index (χ0v) is 9.89. The number of amides is 1. The number of β-amino-alcohol motifs (C(OH)–C–C–N with tert-alkyl or cyclic N) is 1. The predicted molar refractivity (Wildman–Crippen MR) is 62.6 cm³/mol. The molecule has 0 bridgehead atoms. The van der Waals surface area contributed by atoms with E-state index in [9.17, 15) is 9.90 Å². The molecule has 2 aliphatic rings. The minimum absolute atomic E-state index is 0.0130. The molecule has 1 saturated carbocycles. The van der Waals surface area contributed by atoms with Crippen molar-refractivity contribution in [3.05, 3.63) is 29.6 Å². The van der Waals surface area contributed by atoms with E-state index in [2.05, 4.69) is 4.98 Å². The number of pyridine rings is 1. The van der Waals surface area contributed by atoms with Gasteiger partial charge in [-0.05, 0) is 37.8 Å². The number of aryl methyl sites for hydroxylation is 1. The number of hydrogen-bond donors (Lipinski definition) is 1. The van der Waals surface area contributed by atoms with E-state index in [1.54, 1.807) is 23.2 Å². The normalized spacial score (nSPS) is 22.1. The van der Waals surface area contributed by atoms with E-state index in [0.29, 0.717) is 24.6 Å². The number of aromatic nitrogens is 1. The predicted octanol–water partition coefficient (Wildman–Crippen LogP) is 0.987. The molecule has 0 spiro atoms. The quantitative estimate of drug-likeness (QED) is 0.827. The van der Waals surface area contributed by atoms with Gasteiger partial charge in [0.2, 0.25) is 0 Å². The summed E-state index contributed by atoms with van der Waals surface area (Å²) in [4.78, 5) is 18.0. The molecule has 0 unspecified atom stereocenters. The number of carbonyl (C=O) groups is 1. The van der Waals surface area contributed by atoms with Crippen molar-refractivity contribution in [2.24, 2.45) is 5.92 Å². The molecule has 1 N–H and O–H groups in total. The Balaban J connectivity index is 1.71. The van der Waals surface area contributed by atoms with Crippen molar-refractivity contribution in [2.45, 2.75) is 25.4 Å². The molecule has 4 nitrogen and oxygen atoms in total. The van der Waals surface area contributed by atoms with Gasteiger partial charge in [0.05, 0.1) is 18.7 Å². The summed E-state index contributed by atoms with van der Waals surface area (Å²) in [6, 6.07) is 3.56. The van der Waals surface area contributed by atoms with Crippen molar-refractivity contribution in [1.29, 1.82) is 0 Å². The smallest absolute Gasteiger partial charge is 0.255 e. The van der Waals surface area contributed by atoms with Crippen molar-refractivity contribution in [3.8, 4) is 0 Å². The van der Waals surface area contributed by atoms with E-state index in [1.165, 1.54) is 0 Å². The maximum atomic E-state index is 12.2. The lowest BCUT2D eigenvalue weighted by Gasteiger charge is -2.47. The van der Waals surface area contributed by atoms with Crippen LogP contribution < -0.4 is 0 Å². The number of rotatable bonds is 2. The van der Waals surface area contributed by atoms with Gasteiger partial charge in [0.25, 0.3) is 5.91 Å². The second kappa shape index (κ2) is 3.53. The molecule has 1 saturated heterocycles. The first-order valence-electron chi connectivity index (χ1n) is 6.03. The summed E-state index contributed by atoms with van der Waals surface area (Å²) in [6.07, 6.45) is 3.89. The Morgan fingerprint density at radius 2 is 2.24 bits per heavy atom. The van der Waals surface area contributed by atoms with Crippen LogP contribution in [0.5, 0.6) is 0 Å². The van der Waals surface area contributed by atoms with Gasteiger partial charge in [-0.1, -0.05) is 0 Å². The fourth-order valence-corrected chi connectivity index (χ4v) is 2.52. The van der Waals surface area contributed by atoms with Gasteiger partial charge in [0.1, 0.15) is 5.60 Å². The molecule has 17 heavy (non-hydrogen) atoms. The molecule has 1 amide bonds. The summed E-state index contributed by atoms with van der Waals surface area (Å²) >= 11 is 0. The Hall–Kier alpha value is -1.42. The molecule has 90 valence electrons. The third-order valence-corrected chi connectivity index (χ3v) is 3.79. The summed E-state index contributed by atoms with van der Waals surface area (Å²) in [6.45, 7) is 2.79. The summed E-state index contributed by atoms with van der Waals surface area (Å²) in [5, 5.41) is 10.2. The fraction of sp³-hybridized carbons (Fsp3) is 0.538. The van der Waals surface area contributed by atoms with Gasteiger partial charge in [0, 0.05) is 11.9 Å². The van der Waals surface area contributed by atoms with Crippen LogP contribution in [0, 0.1) is 12.8 Å². The third-order valence-electron chi connectivity index (χ3n) is 3.79. The van der Waals surface area contributed by atoms with E-state index in [-0.39, 0.29) is 5.91 Å². The Morgan fingerprint density at radius 3 is 2.82 bits per heavy atom. The van der Waals surface area contributed by atoms with Crippen LogP contribution in [0.25, 0.3) is 0 Å². The summed E-state index contributed by atoms with van der Waals surface area (Å²) in [7, 11) is 0. The van der Waals surface area contributed by atoms with Crippen LogP contribution in [-0.4, -0.2) is 39.6 Å². The molecule has 4 heteroatoms. The Morgan fingerprint density at radius 1 is 1.53 bits per heavy atom. The van der Waals surface area contributed by atoms with Crippen molar-refractivity contribution < 1.29 is 9.90 Å². The lowest BCUT2D eigenvalue weighted by atomic mass is 9.88. The van der Waals surface area contributed by atoms with Crippen molar-refractivity contribution in [3.63, 3.8) is 0 Å². The SMILES string of the molecule is Cc1ncccc1C(=O)N1CC(O)(C2CC2)C1. The maximum absolute atomic E-state index is 12.2. The lowest BCUT2D eigenvalue weighted by molar-refractivity contribution is -0.0958.